The number of carbonyl (C=O) groups is 1. The van der Waals surface area contributed by atoms with E-state index in [0.717, 1.165) is 70.9 Å². The molecule has 0 unspecified atom stereocenters. The van der Waals surface area contributed by atoms with E-state index < -0.39 is 0 Å². The lowest BCUT2D eigenvalue weighted by atomic mass is 9.92. The van der Waals surface area contributed by atoms with Crippen molar-refractivity contribution in [3.63, 3.8) is 0 Å². The summed E-state index contributed by atoms with van der Waals surface area (Å²) >= 11 is 0. The Bertz CT molecular complexity index is 1190. The molecule has 2 aromatic carbocycles. The zero-order chi connectivity index (χ0) is 20.8. The molecule has 0 atom stereocenters. The second-order valence-corrected chi connectivity index (χ2v) is 8.59. The van der Waals surface area contributed by atoms with Gasteiger partial charge in [-0.3, -0.25) is 4.79 Å². The van der Waals surface area contributed by atoms with Crippen LogP contribution in [0, 0.1) is 18.3 Å². The number of fused-ring (bicyclic) bond motifs is 2. The number of rotatable bonds is 2. The van der Waals surface area contributed by atoms with Gasteiger partial charge < -0.3 is 15.0 Å². The molecule has 0 radical (unpaired) electrons. The van der Waals surface area contributed by atoms with Crippen molar-refractivity contribution < 1.29 is 9.90 Å². The number of aliphatic hydroxyl groups is 1. The molecule has 5 rings (SSSR count). The first kappa shape index (κ1) is 18.9. The standard InChI is InChI=1S/C25H25N3O2/c1-15-11-24-21(12-16(15)13-26)22(14-28(24)17-5-7-18(29)8-6-17)19-3-2-4-23-20(19)9-10-25(30)27-23/h2-4,11-12,14,17-18,29H,5-10H2,1H3,(H,27,30). The van der Waals surface area contributed by atoms with E-state index in [4.69, 9.17) is 0 Å². The number of nitriles is 1. The number of amides is 1. The first-order chi connectivity index (χ1) is 14.5. The number of carbonyl (C=O) groups excluding carboxylic acids is 1. The first-order valence-electron chi connectivity index (χ1n) is 10.7. The maximum Gasteiger partial charge on any atom is 0.224 e. The number of aliphatic hydroxyl groups excluding tert-OH is 1. The minimum atomic E-state index is -0.195. The Balaban J connectivity index is 1.72. The van der Waals surface area contributed by atoms with E-state index in [2.05, 4.69) is 34.3 Å². The van der Waals surface area contributed by atoms with Gasteiger partial charge in [0.1, 0.15) is 0 Å². The molecule has 1 aliphatic heterocycles. The van der Waals surface area contributed by atoms with E-state index in [-0.39, 0.29) is 12.0 Å². The smallest absolute Gasteiger partial charge is 0.224 e. The molecular formula is C25H25N3O2. The van der Waals surface area contributed by atoms with Crippen LogP contribution in [0.5, 0.6) is 0 Å². The molecule has 0 saturated heterocycles. The van der Waals surface area contributed by atoms with Crippen molar-refractivity contribution in [1.82, 2.24) is 4.57 Å². The van der Waals surface area contributed by atoms with E-state index in [1.54, 1.807) is 0 Å². The van der Waals surface area contributed by atoms with Gasteiger partial charge in [0.25, 0.3) is 0 Å². The van der Waals surface area contributed by atoms with Crippen molar-refractivity contribution in [3.8, 4) is 17.2 Å². The van der Waals surface area contributed by atoms with Crippen molar-refractivity contribution in [1.29, 1.82) is 5.26 Å². The fourth-order valence-corrected chi connectivity index (χ4v) is 5.05. The SMILES string of the molecule is Cc1cc2c(cc1C#N)c(-c1cccc3c1CCC(=O)N3)cn2C1CCC(O)CC1. The molecule has 1 aromatic heterocycles. The Labute approximate surface area is 175 Å². The minimum absolute atomic E-state index is 0.0604. The zero-order valence-corrected chi connectivity index (χ0v) is 17.1. The summed E-state index contributed by atoms with van der Waals surface area (Å²) in [6.45, 7) is 1.99. The van der Waals surface area contributed by atoms with Gasteiger partial charge in [-0.05, 0) is 73.9 Å². The Morgan fingerprint density at radius 3 is 2.70 bits per heavy atom. The van der Waals surface area contributed by atoms with Crippen LogP contribution >= 0.6 is 0 Å². The van der Waals surface area contributed by atoms with Crippen LogP contribution in [0.15, 0.2) is 36.5 Å². The normalized spacial score (nSPS) is 21.2. The molecule has 3 aromatic rings. The lowest BCUT2D eigenvalue weighted by molar-refractivity contribution is -0.116. The van der Waals surface area contributed by atoms with Crippen molar-refractivity contribution in [2.24, 2.45) is 0 Å². The van der Waals surface area contributed by atoms with E-state index in [1.165, 1.54) is 0 Å². The van der Waals surface area contributed by atoms with Crippen LogP contribution in [-0.4, -0.2) is 21.7 Å². The molecule has 30 heavy (non-hydrogen) atoms. The van der Waals surface area contributed by atoms with Gasteiger partial charge in [0.2, 0.25) is 5.91 Å². The third kappa shape index (κ3) is 3.09. The number of anilines is 1. The minimum Gasteiger partial charge on any atom is -0.393 e. The molecule has 5 nitrogen and oxygen atoms in total. The lowest BCUT2D eigenvalue weighted by Crippen LogP contribution is -2.20. The molecular weight excluding hydrogens is 374 g/mol. The Morgan fingerprint density at radius 2 is 1.93 bits per heavy atom. The molecule has 2 aliphatic rings. The van der Waals surface area contributed by atoms with Crippen molar-refractivity contribution in [2.45, 2.75) is 57.6 Å². The summed E-state index contributed by atoms with van der Waals surface area (Å²) in [6.07, 6.45) is 6.78. The summed E-state index contributed by atoms with van der Waals surface area (Å²) in [4.78, 5) is 11.9. The van der Waals surface area contributed by atoms with Gasteiger partial charge in [0.05, 0.1) is 17.7 Å². The summed E-state index contributed by atoms with van der Waals surface area (Å²) in [6, 6.07) is 12.9. The van der Waals surface area contributed by atoms with Gasteiger partial charge in [-0.1, -0.05) is 12.1 Å². The van der Waals surface area contributed by atoms with Crippen molar-refractivity contribution >= 4 is 22.5 Å². The highest BCUT2D eigenvalue weighted by Gasteiger charge is 2.25. The second kappa shape index (κ2) is 7.30. The molecule has 2 heterocycles. The first-order valence-corrected chi connectivity index (χ1v) is 10.7. The van der Waals surface area contributed by atoms with E-state index >= 15 is 0 Å². The highest BCUT2D eigenvalue weighted by Crippen LogP contribution is 2.41. The lowest BCUT2D eigenvalue weighted by Gasteiger charge is -2.27. The van der Waals surface area contributed by atoms with Crippen molar-refractivity contribution in [3.05, 3.63) is 53.2 Å². The van der Waals surface area contributed by atoms with Gasteiger partial charge in [0, 0.05) is 40.8 Å². The monoisotopic (exact) mass is 399 g/mol. The van der Waals surface area contributed by atoms with Gasteiger partial charge >= 0.3 is 0 Å². The molecule has 5 heteroatoms. The largest absolute Gasteiger partial charge is 0.393 e. The number of nitrogens with one attached hydrogen (secondary N) is 1. The van der Waals surface area contributed by atoms with Gasteiger partial charge in [-0.2, -0.15) is 5.26 Å². The number of aryl methyl sites for hydroxylation is 1. The predicted molar refractivity (Wildman–Crippen MR) is 117 cm³/mol. The topological polar surface area (TPSA) is 78.0 Å². The maximum absolute atomic E-state index is 11.9. The average molecular weight is 399 g/mol. The summed E-state index contributed by atoms with van der Waals surface area (Å²) < 4.78 is 2.35. The predicted octanol–water partition coefficient (Wildman–Crippen LogP) is 4.85. The summed E-state index contributed by atoms with van der Waals surface area (Å²) in [5, 5.41) is 23.6. The third-order valence-corrected chi connectivity index (χ3v) is 6.70. The van der Waals surface area contributed by atoms with E-state index in [1.807, 2.05) is 25.1 Å². The van der Waals surface area contributed by atoms with Gasteiger partial charge in [-0.15, -0.1) is 0 Å². The number of hydrogen-bond donors (Lipinski definition) is 2. The highest BCUT2D eigenvalue weighted by atomic mass is 16.3. The van der Waals surface area contributed by atoms with Crippen LogP contribution in [0.25, 0.3) is 22.0 Å². The Morgan fingerprint density at radius 1 is 1.13 bits per heavy atom. The van der Waals surface area contributed by atoms with E-state index in [0.29, 0.717) is 18.0 Å². The molecule has 152 valence electrons. The fourth-order valence-electron chi connectivity index (χ4n) is 5.05. The quantitative estimate of drug-likeness (QED) is 0.647. The van der Waals surface area contributed by atoms with Crippen LogP contribution in [0.4, 0.5) is 5.69 Å². The van der Waals surface area contributed by atoms with Gasteiger partial charge in [0.15, 0.2) is 0 Å². The average Bonchev–Trinajstić information content (AvgIpc) is 3.11. The molecule has 2 N–H and O–H groups in total. The van der Waals surface area contributed by atoms with Crippen LogP contribution in [0.2, 0.25) is 0 Å². The fraction of sp³-hybridized carbons (Fsp3) is 0.360. The number of hydrogen-bond acceptors (Lipinski definition) is 3. The number of nitrogens with zero attached hydrogens (tertiary/aromatic N) is 2. The summed E-state index contributed by atoms with van der Waals surface area (Å²) in [5.74, 6) is 0.0604. The number of benzene rings is 2. The molecule has 1 saturated carbocycles. The third-order valence-electron chi connectivity index (χ3n) is 6.70. The van der Waals surface area contributed by atoms with Crippen LogP contribution in [-0.2, 0) is 11.2 Å². The number of aromatic nitrogens is 1. The molecule has 1 amide bonds. The highest BCUT2D eigenvalue weighted by molar-refractivity contribution is 6.01. The Kier molecular flexibility index (Phi) is 4.60. The molecule has 0 spiro atoms. The van der Waals surface area contributed by atoms with Gasteiger partial charge in [-0.25, -0.2) is 0 Å². The summed E-state index contributed by atoms with van der Waals surface area (Å²) in [5.41, 5.74) is 7.10. The molecule has 1 fully saturated rings. The van der Waals surface area contributed by atoms with Crippen LogP contribution < -0.4 is 5.32 Å². The molecule has 1 aliphatic carbocycles. The van der Waals surface area contributed by atoms with Crippen molar-refractivity contribution in [2.75, 3.05) is 5.32 Å². The van der Waals surface area contributed by atoms with E-state index in [9.17, 15) is 15.2 Å². The zero-order valence-electron chi connectivity index (χ0n) is 17.1. The Hall–Kier alpha value is -3.10. The second-order valence-electron chi connectivity index (χ2n) is 8.59. The van der Waals surface area contributed by atoms with Crippen LogP contribution in [0.1, 0.15) is 54.8 Å². The summed E-state index contributed by atoms with van der Waals surface area (Å²) in [7, 11) is 0. The molecule has 0 bridgehead atoms. The van der Waals surface area contributed by atoms with Crippen LogP contribution in [0.3, 0.4) is 0 Å². The maximum atomic E-state index is 11.9.